The smallest absolute Gasteiger partial charge is 0.121 e. The fraction of sp³-hybridized carbons (Fsp3) is 0.111. The molecule has 0 spiro atoms. The van der Waals surface area contributed by atoms with Gasteiger partial charge in [0.05, 0.1) is 6.04 Å². The molecule has 1 atom stereocenters. The minimum Gasteiger partial charge on any atom is -0.508 e. The van der Waals surface area contributed by atoms with Gasteiger partial charge in [-0.05, 0) is 34.7 Å². The molecule has 3 N–H and O–H groups in total. The van der Waals surface area contributed by atoms with Crippen molar-refractivity contribution in [1.82, 2.24) is 0 Å². The van der Waals surface area contributed by atoms with Crippen LogP contribution < -0.4 is 5.73 Å². The number of hydrogen-bond donors (Lipinski definition) is 2. The number of rotatable bonds is 2. The molecule has 64 valence electrons. The van der Waals surface area contributed by atoms with Gasteiger partial charge in [-0.15, -0.1) is 6.58 Å². The Hall–Kier alpha value is -0.550. The molecule has 12 heavy (non-hydrogen) atoms. The molecule has 0 amide bonds. The van der Waals surface area contributed by atoms with E-state index in [0.29, 0.717) is 5.56 Å². The van der Waals surface area contributed by atoms with Gasteiger partial charge in [0, 0.05) is 9.13 Å². The Morgan fingerprint density at radius 3 is 2.75 bits per heavy atom. The maximum Gasteiger partial charge on any atom is 0.121 e. The Morgan fingerprint density at radius 2 is 2.25 bits per heavy atom. The predicted molar refractivity (Wildman–Crippen MR) is 57.9 cm³/mol. The number of aromatic hydroxyl groups is 1. The van der Waals surface area contributed by atoms with Gasteiger partial charge in [0.2, 0.25) is 0 Å². The topological polar surface area (TPSA) is 46.2 Å². The van der Waals surface area contributed by atoms with Crippen molar-refractivity contribution in [2.45, 2.75) is 6.04 Å². The van der Waals surface area contributed by atoms with Crippen molar-refractivity contribution in [1.29, 1.82) is 0 Å². The predicted octanol–water partition coefficient (Wildman–Crippen LogP) is 2.18. The van der Waals surface area contributed by atoms with Gasteiger partial charge in [-0.1, -0.05) is 12.1 Å². The van der Waals surface area contributed by atoms with Crippen LogP contribution in [0.5, 0.6) is 5.75 Å². The second kappa shape index (κ2) is 3.91. The van der Waals surface area contributed by atoms with E-state index in [2.05, 4.69) is 29.2 Å². The first kappa shape index (κ1) is 9.54. The van der Waals surface area contributed by atoms with E-state index in [1.807, 2.05) is 12.1 Å². The summed E-state index contributed by atoms with van der Waals surface area (Å²) in [4.78, 5) is 0. The third-order valence-corrected chi connectivity index (χ3v) is 2.28. The van der Waals surface area contributed by atoms with Crippen LogP contribution in [0.2, 0.25) is 0 Å². The van der Waals surface area contributed by atoms with Gasteiger partial charge in [0.15, 0.2) is 0 Å². The standard InChI is InChI=1S/C9H10INO/c1-2-8(11)7-4-3-6(10)5-9(7)12/h2-5,8,12H,1,11H2/t8-/m0/s1. The lowest BCUT2D eigenvalue weighted by molar-refractivity contribution is 0.465. The molecule has 0 aliphatic rings. The Bertz CT molecular complexity index is 299. The number of hydrogen-bond acceptors (Lipinski definition) is 2. The molecular formula is C9H10INO. The molecule has 1 aromatic rings. The van der Waals surface area contributed by atoms with Crippen molar-refractivity contribution in [2.24, 2.45) is 5.73 Å². The zero-order valence-electron chi connectivity index (χ0n) is 6.50. The quantitative estimate of drug-likeness (QED) is 0.642. The molecule has 2 nitrogen and oxygen atoms in total. The first-order valence-corrected chi connectivity index (χ1v) is 4.59. The number of halogens is 1. The highest BCUT2D eigenvalue weighted by Crippen LogP contribution is 2.24. The van der Waals surface area contributed by atoms with Crippen LogP contribution in [0.3, 0.4) is 0 Å². The lowest BCUT2D eigenvalue weighted by atomic mass is 10.1. The Kier molecular flexibility index (Phi) is 3.11. The molecule has 3 heteroatoms. The summed E-state index contributed by atoms with van der Waals surface area (Å²) in [6, 6.07) is 5.10. The maximum absolute atomic E-state index is 9.46. The van der Waals surface area contributed by atoms with Crippen LogP contribution in [0.1, 0.15) is 11.6 Å². The Labute approximate surface area is 85.2 Å². The van der Waals surface area contributed by atoms with Crippen molar-refractivity contribution in [2.75, 3.05) is 0 Å². The van der Waals surface area contributed by atoms with Gasteiger partial charge in [-0.25, -0.2) is 0 Å². The van der Waals surface area contributed by atoms with Crippen molar-refractivity contribution in [3.8, 4) is 5.75 Å². The molecule has 0 radical (unpaired) electrons. The number of benzene rings is 1. The van der Waals surface area contributed by atoms with E-state index in [9.17, 15) is 5.11 Å². The van der Waals surface area contributed by atoms with E-state index in [1.54, 1.807) is 12.1 Å². The molecular weight excluding hydrogens is 265 g/mol. The summed E-state index contributed by atoms with van der Waals surface area (Å²) in [6.45, 7) is 3.56. The van der Waals surface area contributed by atoms with Crippen molar-refractivity contribution < 1.29 is 5.11 Å². The summed E-state index contributed by atoms with van der Waals surface area (Å²) in [5.74, 6) is 0.231. The highest BCUT2D eigenvalue weighted by atomic mass is 127. The lowest BCUT2D eigenvalue weighted by Crippen LogP contribution is -2.06. The Morgan fingerprint density at radius 1 is 1.58 bits per heavy atom. The summed E-state index contributed by atoms with van der Waals surface area (Å²) in [7, 11) is 0. The van der Waals surface area contributed by atoms with E-state index in [0.717, 1.165) is 3.57 Å². The molecule has 0 aliphatic heterocycles. The first-order chi connectivity index (χ1) is 5.65. The van der Waals surface area contributed by atoms with Crippen LogP contribution in [0.25, 0.3) is 0 Å². The summed E-state index contributed by atoms with van der Waals surface area (Å²) < 4.78 is 0.991. The van der Waals surface area contributed by atoms with Crippen molar-refractivity contribution in [3.63, 3.8) is 0 Å². The average molecular weight is 275 g/mol. The molecule has 0 aliphatic carbocycles. The van der Waals surface area contributed by atoms with Gasteiger partial charge in [-0.3, -0.25) is 0 Å². The van der Waals surface area contributed by atoms with E-state index < -0.39 is 0 Å². The fourth-order valence-corrected chi connectivity index (χ4v) is 1.40. The van der Waals surface area contributed by atoms with Gasteiger partial charge in [0.1, 0.15) is 5.75 Å². The van der Waals surface area contributed by atoms with Crippen LogP contribution in [-0.2, 0) is 0 Å². The van der Waals surface area contributed by atoms with E-state index >= 15 is 0 Å². The average Bonchev–Trinajstić information content (AvgIpc) is 2.03. The SMILES string of the molecule is C=C[C@H](N)c1ccc(I)cc1O. The summed E-state index contributed by atoms with van der Waals surface area (Å²) in [5.41, 5.74) is 6.38. The van der Waals surface area contributed by atoms with Gasteiger partial charge < -0.3 is 10.8 Å². The number of phenols is 1. The van der Waals surface area contributed by atoms with Crippen LogP contribution in [0.15, 0.2) is 30.9 Å². The summed E-state index contributed by atoms with van der Waals surface area (Å²) in [5, 5.41) is 9.46. The minimum absolute atomic E-state index is 0.231. The highest BCUT2D eigenvalue weighted by Gasteiger charge is 2.06. The molecule has 0 saturated heterocycles. The van der Waals surface area contributed by atoms with Gasteiger partial charge in [0.25, 0.3) is 0 Å². The molecule has 0 aromatic heterocycles. The van der Waals surface area contributed by atoms with Crippen molar-refractivity contribution >= 4 is 22.6 Å². The molecule has 1 aromatic carbocycles. The molecule has 1 rings (SSSR count). The second-order valence-electron chi connectivity index (χ2n) is 2.46. The van der Waals surface area contributed by atoms with Crippen LogP contribution in [-0.4, -0.2) is 5.11 Å². The monoisotopic (exact) mass is 275 g/mol. The molecule has 0 saturated carbocycles. The zero-order chi connectivity index (χ0) is 9.14. The van der Waals surface area contributed by atoms with Crippen LogP contribution in [0.4, 0.5) is 0 Å². The maximum atomic E-state index is 9.46. The number of nitrogens with two attached hydrogens (primary N) is 1. The van der Waals surface area contributed by atoms with E-state index in [1.165, 1.54) is 0 Å². The fourth-order valence-electron chi connectivity index (χ4n) is 0.926. The van der Waals surface area contributed by atoms with Gasteiger partial charge >= 0.3 is 0 Å². The second-order valence-corrected chi connectivity index (χ2v) is 3.71. The van der Waals surface area contributed by atoms with Crippen LogP contribution >= 0.6 is 22.6 Å². The molecule has 0 fully saturated rings. The zero-order valence-corrected chi connectivity index (χ0v) is 8.65. The molecule has 0 bridgehead atoms. The minimum atomic E-state index is -0.290. The van der Waals surface area contributed by atoms with E-state index in [-0.39, 0.29) is 11.8 Å². The third-order valence-electron chi connectivity index (χ3n) is 1.61. The normalized spacial score (nSPS) is 12.5. The number of phenolic OH excluding ortho intramolecular Hbond substituents is 1. The van der Waals surface area contributed by atoms with Crippen LogP contribution in [0, 0.1) is 3.57 Å². The van der Waals surface area contributed by atoms with E-state index in [4.69, 9.17) is 5.73 Å². The Balaban J connectivity index is 3.09. The lowest BCUT2D eigenvalue weighted by Gasteiger charge is -2.08. The molecule has 0 heterocycles. The van der Waals surface area contributed by atoms with Crippen molar-refractivity contribution in [3.05, 3.63) is 40.0 Å². The summed E-state index contributed by atoms with van der Waals surface area (Å²) >= 11 is 2.13. The molecule has 0 unspecified atom stereocenters. The third kappa shape index (κ3) is 1.98. The highest BCUT2D eigenvalue weighted by molar-refractivity contribution is 14.1. The van der Waals surface area contributed by atoms with Gasteiger partial charge in [-0.2, -0.15) is 0 Å². The largest absolute Gasteiger partial charge is 0.508 e. The first-order valence-electron chi connectivity index (χ1n) is 3.51. The summed E-state index contributed by atoms with van der Waals surface area (Å²) in [6.07, 6.45) is 1.60.